The van der Waals surface area contributed by atoms with Crippen molar-refractivity contribution in [2.75, 3.05) is 11.5 Å². The third-order valence-electron chi connectivity index (χ3n) is 4.05. The van der Waals surface area contributed by atoms with E-state index in [4.69, 9.17) is 0 Å². The molecule has 1 atom stereocenters. The largest absolute Gasteiger partial charge is 0.450 e. The van der Waals surface area contributed by atoms with Crippen LogP contribution in [0.4, 0.5) is 13.2 Å². The summed E-state index contributed by atoms with van der Waals surface area (Å²) in [6, 6.07) is 8.91. The molecule has 0 radical (unpaired) electrons. The van der Waals surface area contributed by atoms with Crippen LogP contribution in [0.2, 0.25) is 0 Å². The molecule has 2 amide bonds. The second-order valence-corrected chi connectivity index (χ2v) is 8.57. The summed E-state index contributed by atoms with van der Waals surface area (Å²) in [5.74, 6) is -3.16. The van der Waals surface area contributed by atoms with Gasteiger partial charge in [-0.1, -0.05) is 30.3 Å². The Balaban J connectivity index is 1.87. The van der Waals surface area contributed by atoms with Crippen LogP contribution < -0.4 is 10.6 Å². The normalized spacial score (nSPS) is 12.4. The zero-order valence-corrected chi connectivity index (χ0v) is 18.3. The van der Waals surface area contributed by atoms with Crippen LogP contribution in [0.5, 0.6) is 0 Å². The number of aromatic nitrogens is 1. The average molecular weight is 474 g/mol. The minimum Gasteiger partial charge on any atom is -0.300 e. The van der Waals surface area contributed by atoms with Crippen LogP contribution in [0.15, 0.2) is 35.7 Å². The van der Waals surface area contributed by atoms with Gasteiger partial charge in [0, 0.05) is 24.4 Å². The van der Waals surface area contributed by atoms with Crippen LogP contribution >= 0.6 is 23.1 Å². The fraction of sp³-hybridized carbons (Fsp3) is 0.400. The Labute approximate surface area is 186 Å². The number of halogens is 3. The van der Waals surface area contributed by atoms with Gasteiger partial charge in [0.25, 0.3) is 0 Å². The molecule has 2 rings (SSSR count). The van der Waals surface area contributed by atoms with E-state index in [1.807, 2.05) is 35.7 Å². The van der Waals surface area contributed by atoms with Gasteiger partial charge < -0.3 is 5.32 Å². The average Bonchev–Trinajstić information content (AvgIpc) is 3.18. The van der Waals surface area contributed by atoms with E-state index < -0.39 is 35.6 Å². The van der Waals surface area contributed by atoms with Crippen molar-refractivity contribution in [1.29, 1.82) is 0 Å². The van der Waals surface area contributed by atoms with E-state index in [0.29, 0.717) is 19.4 Å². The number of thiazole rings is 1. The van der Waals surface area contributed by atoms with E-state index in [2.05, 4.69) is 15.6 Å². The summed E-state index contributed by atoms with van der Waals surface area (Å²) in [5.41, 5.74) is 1.71. The monoisotopic (exact) mass is 473 g/mol. The molecule has 0 saturated heterocycles. The van der Waals surface area contributed by atoms with Crippen molar-refractivity contribution in [2.45, 2.75) is 38.5 Å². The minimum absolute atomic E-state index is 0.280. The summed E-state index contributed by atoms with van der Waals surface area (Å²) in [6.07, 6.45) is -4.14. The lowest BCUT2D eigenvalue weighted by atomic mass is 10.1. The number of thioether (sulfide) groups is 1. The van der Waals surface area contributed by atoms with Crippen LogP contribution in [0.1, 0.15) is 25.5 Å². The van der Waals surface area contributed by atoms with Gasteiger partial charge in [0.2, 0.25) is 17.6 Å². The van der Waals surface area contributed by atoms with Gasteiger partial charge in [0.1, 0.15) is 5.01 Å². The molecule has 168 valence electrons. The Kier molecular flexibility index (Phi) is 9.66. The molecule has 1 aromatic heterocycles. The standard InChI is InChI=1S/C20H22F3N3O3S2/c1-13(27)25-18(29)16(8-5-9-30-12-17(28)20(21,22)23)24-10-15-11-31-19(26-15)14-6-3-2-4-7-14/h2-4,6-7,11,16,24H,5,8-10,12H2,1H3,(H,25,27,29)/t16-/m0/s1. The Morgan fingerprint density at radius 2 is 1.90 bits per heavy atom. The highest BCUT2D eigenvalue weighted by atomic mass is 32.2. The van der Waals surface area contributed by atoms with E-state index in [-0.39, 0.29) is 5.75 Å². The molecule has 6 nitrogen and oxygen atoms in total. The highest BCUT2D eigenvalue weighted by Crippen LogP contribution is 2.23. The third-order valence-corrected chi connectivity index (χ3v) is 6.03. The topological polar surface area (TPSA) is 88.2 Å². The molecule has 11 heteroatoms. The molecule has 0 spiro atoms. The maximum Gasteiger partial charge on any atom is 0.450 e. The van der Waals surface area contributed by atoms with Gasteiger partial charge in [-0.15, -0.1) is 11.3 Å². The maximum atomic E-state index is 12.3. The molecule has 31 heavy (non-hydrogen) atoms. The van der Waals surface area contributed by atoms with Crippen molar-refractivity contribution < 1.29 is 27.6 Å². The lowest BCUT2D eigenvalue weighted by molar-refractivity contribution is -0.167. The first-order valence-electron chi connectivity index (χ1n) is 9.39. The van der Waals surface area contributed by atoms with Crippen molar-refractivity contribution in [3.63, 3.8) is 0 Å². The van der Waals surface area contributed by atoms with Crippen LogP contribution in [-0.4, -0.2) is 46.3 Å². The highest BCUT2D eigenvalue weighted by Gasteiger charge is 2.37. The zero-order chi connectivity index (χ0) is 22.9. The molecule has 2 aromatic rings. The first-order chi connectivity index (χ1) is 14.7. The number of nitrogens with one attached hydrogen (secondary N) is 2. The number of Topliss-reactive ketones (excluding diaryl/α,β-unsaturated/α-hetero) is 1. The van der Waals surface area contributed by atoms with E-state index >= 15 is 0 Å². The number of ketones is 1. The summed E-state index contributed by atoms with van der Waals surface area (Å²) >= 11 is 2.33. The number of alkyl halides is 3. The Morgan fingerprint density at radius 1 is 1.19 bits per heavy atom. The summed E-state index contributed by atoms with van der Waals surface area (Å²) in [6.45, 7) is 1.51. The van der Waals surface area contributed by atoms with E-state index in [9.17, 15) is 27.6 Å². The molecule has 0 bridgehead atoms. The second kappa shape index (κ2) is 12.0. The number of imide groups is 1. The number of benzene rings is 1. The lowest BCUT2D eigenvalue weighted by Gasteiger charge is -2.17. The molecule has 1 aromatic carbocycles. The number of carbonyl (C=O) groups excluding carboxylic acids is 3. The number of carbonyl (C=O) groups is 3. The van der Waals surface area contributed by atoms with Gasteiger partial charge >= 0.3 is 6.18 Å². The molecule has 0 aliphatic carbocycles. The van der Waals surface area contributed by atoms with Crippen LogP contribution in [0, 0.1) is 0 Å². The first kappa shape index (κ1) is 25.0. The Morgan fingerprint density at radius 3 is 2.55 bits per heavy atom. The number of rotatable bonds is 11. The molecular weight excluding hydrogens is 451 g/mol. The fourth-order valence-electron chi connectivity index (χ4n) is 2.55. The molecule has 0 unspecified atom stereocenters. The molecule has 0 aliphatic rings. The van der Waals surface area contributed by atoms with E-state index in [0.717, 1.165) is 28.0 Å². The second-order valence-electron chi connectivity index (χ2n) is 6.60. The van der Waals surface area contributed by atoms with Crippen molar-refractivity contribution in [3.8, 4) is 10.6 Å². The van der Waals surface area contributed by atoms with Gasteiger partial charge in [-0.05, 0) is 18.6 Å². The highest BCUT2D eigenvalue weighted by molar-refractivity contribution is 7.99. The van der Waals surface area contributed by atoms with Crippen LogP contribution in [0.25, 0.3) is 10.6 Å². The summed E-state index contributed by atoms with van der Waals surface area (Å²) in [7, 11) is 0. The van der Waals surface area contributed by atoms with Gasteiger partial charge in [-0.2, -0.15) is 24.9 Å². The molecule has 0 aliphatic heterocycles. The summed E-state index contributed by atoms with van der Waals surface area (Å²) < 4.78 is 36.7. The third kappa shape index (κ3) is 8.80. The van der Waals surface area contributed by atoms with Gasteiger partial charge in [0.15, 0.2) is 0 Å². The minimum atomic E-state index is -4.83. The molecule has 2 N–H and O–H groups in total. The summed E-state index contributed by atoms with van der Waals surface area (Å²) in [4.78, 5) is 38.9. The zero-order valence-electron chi connectivity index (χ0n) is 16.7. The number of hydrogen-bond acceptors (Lipinski definition) is 7. The predicted molar refractivity (Wildman–Crippen MR) is 115 cm³/mol. The number of nitrogens with zero attached hydrogens (tertiary/aromatic N) is 1. The predicted octanol–water partition coefficient (Wildman–Crippen LogP) is 3.58. The van der Waals surface area contributed by atoms with Crippen molar-refractivity contribution >= 4 is 40.7 Å². The van der Waals surface area contributed by atoms with Gasteiger partial charge in [-0.3, -0.25) is 19.7 Å². The van der Waals surface area contributed by atoms with E-state index in [1.54, 1.807) is 0 Å². The van der Waals surface area contributed by atoms with Crippen molar-refractivity contribution in [1.82, 2.24) is 15.6 Å². The smallest absolute Gasteiger partial charge is 0.300 e. The first-order valence-corrected chi connectivity index (χ1v) is 11.4. The number of hydrogen-bond donors (Lipinski definition) is 2. The molecule has 0 saturated carbocycles. The number of amides is 2. The summed E-state index contributed by atoms with van der Waals surface area (Å²) in [5, 5.41) is 7.98. The quantitative estimate of drug-likeness (QED) is 0.485. The lowest BCUT2D eigenvalue weighted by Crippen LogP contribution is -2.45. The molecule has 0 fully saturated rings. The molecular formula is C20H22F3N3O3S2. The van der Waals surface area contributed by atoms with Crippen LogP contribution in [0.3, 0.4) is 0 Å². The Bertz CT molecular complexity index is 889. The van der Waals surface area contributed by atoms with E-state index in [1.165, 1.54) is 18.3 Å². The van der Waals surface area contributed by atoms with Crippen molar-refractivity contribution in [3.05, 3.63) is 41.4 Å². The Hall–Kier alpha value is -2.24. The van der Waals surface area contributed by atoms with Gasteiger partial charge in [-0.25, -0.2) is 4.98 Å². The molecule has 1 heterocycles. The van der Waals surface area contributed by atoms with Gasteiger partial charge in [0.05, 0.1) is 17.5 Å². The maximum absolute atomic E-state index is 12.3. The van der Waals surface area contributed by atoms with Crippen LogP contribution in [-0.2, 0) is 20.9 Å². The SMILES string of the molecule is CC(=O)NC(=O)[C@H](CCCSCC(=O)C(F)(F)F)NCc1csc(-c2ccccc2)n1. The fourth-order valence-corrected chi connectivity index (χ4v) is 4.24. The van der Waals surface area contributed by atoms with Crippen molar-refractivity contribution in [2.24, 2.45) is 0 Å².